The molecule has 0 radical (unpaired) electrons. The molecule has 2 nitrogen and oxygen atoms in total. The second-order valence-corrected chi connectivity index (χ2v) is 5.33. The largest absolute Gasteiger partial charge is 0.347 e. The lowest BCUT2D eigenvalue weighted by Gasteiger charge is -2.26. The summed E-state index contributed by atoms with van der Waals surface area (Å²) in [7, 11) is 0. The van der Waals surface area contributed by atoms with Gasteiger partial charge in [-0.2, -0.15) is 0 Å². The third-order valence-corrected chi connectivity index (χ3v) is 4.02. The van der Waals surface area contributed by atoms with E-state index >= 15 is 0 Å². The standard InChI is InChI=1S/C15H20N2/c1-11-5-6-15-14(7-11)13(8-16)10-17(15)9-12-3-2-4-12/h5-7,10,12H,2-4,8-9,16H2,1H3. The number of aryl methyl sites for hydroxylation is 1. The Labute approximate surface area is 102 Å². The molecular formula is C15H20N2. The van der Waals surface area contributed by atoms with E-state index in [0.29, 0.717) is 6.54 Å². The van der Waals surface area contributed by atoms with E-state index < -0.39 is 0 Å². The minimum atomic E-state index is 0.637. The van der Waals surface area contributed by atoms with Gasteiger partial charge in [-0.3, -0.25) is 0 Å². The second-order valence-electron chi connectivity index (χ2n) is 5.33. The number of hydrogen-bond donors (Lipinski definition) is 1. The molecule has 0 aliphatic heterocycles. The molecule has 1 fully saturated rings. The first-order valence-electron chi connectivity index (χ1n) is 6.56. The van der Waals surface area contributed by atoms with Crippen LogP contribution in [0.2, 0.25) is 0 Å². The molecule has 0 saturated heterocycles. The SMILES string of the molecule is Cc1ccc2c(c1)c(CN)cn2CC1CCC1. The first-order valence-corrected chi connectivity index (χ1v) is 6.56. The fourth-order valence-electron chi connectivity index (χ4n) is 2.75. The van der Waals surface area contributed by atoms with Crippen LogP contribution >= 0.6 is 0 Å². The highest BCUT2D eigenvalue weighted by molar-refractivity contribution is 5.84. The van der Waals surface area contributed by atoms with Crippen LogP contribution in [0.1, 0.15) is 30.4 Å². The summed E-state index contributed by atoms with van der Waals surface area (Å²) in [5, 5.41) is 1.34. The highest BCUT2D eigenvalue weighted by atomic mass is 15.0. The van der Waals surface area contributed by atoms with Crippen molar-refractivity contribution in [1.29, 1.82) is 0 Å². The van der Waals surface area contributed by atoms with Gasteiger partial charge in [-0.25, -0.2) is 0 Å². The molecule has 1 heterocycles. The van der Waals surface area contributed by atoms with Gasteiger partial charge in [-0.15, -0.1) is 0 Å². The number of rotatable bonds is 3. The third-order valence-electron chi connectivity index (χ3n) is 4.02. The predicted molar refractivity (Wildman–Crippen MR) is 71.9 cm³/mol. The topological polar surface area (TPSA) is 30.9 Å². The lowest BCUT2D eigenvalue weighted by molar-refractivity contribution is 0.279. The maximum absolute atomic E-state index is 5.84. The Balaban J connectivity index is 2.04. The van der Waals surface area contributed by atoms with Gasteiger partial charge in [0, 0.05) is 30.2 Å². The summed E-state index contributed by atoms with van der Waals surface area (Å²) in [5.74, 6) is 0.887. The molecule has 0 atom stereocenters. The summed E-state index contributed by atoms with van der Waals surface area (Å²) >= 11 is 0. The van der Waals surface area contributed by atoms with Crippen LogP contribution in [0.4, 0.5) is 0 Å². The molecule has 17 heavy (non-hydrogen) atoms. The lowest BCUT2D eigenvalue weighted by Crippen LogP contribution is -2.17. The second kappa shape index (κ2) is 4.19. The molecule has 2 N–H and O–H groups in total. The lowest BCUT2D eigenvalue weighted by atomic mass is 9.85. The van der Waals surface area contributed by atoms with Crippen LogP contribution < -0.4 is 5.73 Å². The Morgan fingerprint density at radius 1 is 1.35 bits per heavy atom. The van der Waals surface area contributed by atoms with Gasteiger partial charge in [0.2, 0.25) is 0 Å². The van der Waals surface area contributed by atoms with Crippen molar-refractivity contribution in [2.45, 2.75) is 39.3 Å². The van der Waals surface area contributed by atoms with Gasteiger partial charge in [0.05, 0.1) is 0 Å². The van der Waals surface area contributed by atoms with E-state index in [1.165, 1.54) is 47.8 Å². The van der Waals surface area contributed by atoms with Crippen molar-refractivity contribution in [2.75, 3.05) is 0 Å². The predicted octanol–water partition coefficient (Wildman–Crippen LogP) is 3.21. The summed E-state index contributed by atoms with van der Waals surface area (Å²) in [6.07, 6.45) is 6.45. The Morgan fingerprint density at radius 2 is 2.18 bits per heavy atom. The smallest absolute Gasteiger partial charge is 0.0483 e. The monoisotopic (exact) mass is 228 g/mol. The van der Waals surface area contributed by atoms with Crippen LogP contribution in [0.5, 0.6) is 0 Å². The maximum Gasteiger partial charge on any atom is 0.0483 e. The van der Waals surface area contributed by atoms with E-state index in [-0.39, 0.29) is 0 Å². The summed E-state index contributed by atoms with van der Waals surface area (Å²) in [6, 6.07) is 6.69. The van der Waals surface area contributed by atoms with Crippen LogP contribution in [0.3, 0.4) is 0 Å². The summed E-state index contributed by atoms with van der Waals surface area (Å²) in [4.78, 5) is 0. The van der Waals surface area contributed by atoms with Gasteiger partial charge in [0.15, 0.2) is 0 Å². The van der Waals surface area contributed by atoms with Crippen molar-refractivity contribution in [3.63, 3.8) is 0 Å². The first-order chi connectivity index (χ1) is 8.28. The van der Waals surface area contributed by atoms with E-state index in [1.807, 2.05) is 0 Å². The van der Waals surface area contributed by atoms with Crippen molar-refractivity contribution in [2.24, 2.45) is 11.7 Å². The number of hydrogen-bond acceptors (Lipinski definition) is 1. The normalized spacial score (nSPS) is 16.4. The summed E-state index contributed by atoms with van der Waals surface area (Å²) in [6.45, 7) is 3.94. The molecular weight excluding hydrogens is 208 g/mol. The fourth-order valence-corrected chi connectivity index (χ4v) is 2.75. The van der Waals surface area contributed by atoms with Gasteiger partial charge < -0.3 is 10.3 Å². The molecule has 90 valence electrons. The van der Waals surface area contributed by atoms with Crippen molar-refractivity contribution < 1.29 is 0 Å². The average Bonchev–Trinajstić information content (AvgIpc) is 2.61. The van der Waals surface area contributed by atoms with E-state index in [0.717, 1.165) is 5.92 Å². The van der Waals surface area contributed by atoms with Crippen LogP contribution in [-0.4, -0.2) is 4.57 Å². The van der Waals surface area contributed by atoms with Crippen LogP contribution in [0, 0.1) is 12.8 Å². The van der Waals surface area contributed by atoms with Crippen molar-refractivity contribution in [3.8, 4) is 0 Å². The van der Waals surface area contributed by atoms with Gasteiger partial charge >= 0.3 is 0 Å². The average molecular weight is 228 g/mol. The zero-order valence-corrected chi connectivity index (χ0v) is 10.4. The van der Waals surface area contributed by atoms with Crippen LogP contribution in [0.25, 0.3) is 10.9 Å². The van der Waals surface area contributed by atoms with E-state index in [4.69, 9.17) is 5.73 Å². The van der Waals surface area contributed by atoms with Gasteiger partial charge in [-0.05, 0) is 43.4 Å². The zero-order chi connectivity index (χ0) is 11.8. The molecule has 0 amide bonds. The Kier molecular flexibility index (Phi) is 2.67. The molecule has 1 aromatic carbocycles. The minimum Gasteiger partial charge on any atom is -0.347 e. The quantitative estimate of drug-likeness (QED) is 0.859. The Morgan fingerprint density at radius 3 is 2.82 bits per heavy atom. The summed E-state index contributed by atoms with van der Waals surface area (Å²) < 4.78 is 2.40. The van der Waals surface area contributed by atoms with Crippen molar-refractivity contribution in [1.82, 2.24) is 4.57 Å². The highest BCUT2D eigenvalue weighted by Crippen LogP contribution is 2.30. The molecule has 0 spiro atoms. The summed E-state index contributed by atoms with van der Waals surface area (Å²) in [5.41, 5.74) is 9.79. The minimum absolute atomic E-state index is 0.637. The maximum atomic E-state index is 5.84. The number of benzene rings is 1. The van der Waals surface area contributed by atoms with Gasteiger partial charge in [0.25, 0.3) is 0 Å². The molecule has 3 rings (SSSR count). The molecule has 0 bridgehead atoms. The zero-order valence-electron chi connectivity index (χ0n) is 10.4. The van der Waals surface area contributed by atoms with E-state index in [2.05, 4.69) is 35.9 Å². The number of fused-ring (bicyclic) bond motifs is 1. The Hall–Kier alpha value is -1.28. The molecule has 2 aromatic rings. The van der Waals surface area contributed by atoms with Gasteiger partial charge in [-0.1, -0.05) is 18.1 Å². The number of aromatic nitrogens is 1. The highest BCUT2D eigenvalue weighted by Gasteiger charge is 2.19. The van der Waals surface area contributed by atoms with E-state index in [9.17, 15) is 0 Å². The molecule has 2 heteroatoms. The van der Waals surface area contributed by atoms with E-state index in [1.54, 1.807) is 0 Å². The van der Waals surface area contributed by atoms with Crippen molar-refractivity contribution >= 4 is 10.9 Å². The van der Waals surface area contributed by atoms with Crippen molar-refractivity contribution in [3.05, 3.63) is 35.5 Å². The van der Waals surface area contributed by atoms with Crippen LogP contribution in [0.15, 0.2) is 24.4 Å². The van der Waals surface area contributed by atoms with Crippen LogP contribution in [-0.2, 0) is 13.1 Å². The molecule has 1 aromatic heterocycles. The molecule has 1 saturated carbocycles. The molecule has 1 aliphatic rings. The number of nitrogens with zero attached hydrogens (tertiary/aromatic N) is 1. The number of nitrogens with two attached hydrogens (primary N) is 1. The third kappa shape index (κ3) is 1.87. The van der Waals surface area contributed by atoms with Gasteiger partial charge in [0.1, 0.15) is 0 Å². The Bertz CT molecular complexity index is 535. The first kappa shape index (κ1) is 10.8. The molecule has 1 aliphatic carbocycles. The molecule has 0 unspecified atom stereocenters. The fraction of sp³-hybridized carbons (Fsp3) is 0.467.